The van der Waals surface area contributed by atoms with E-state index in [0.717, 1.165) is 11.7 Å². The first-order valence-electron chi connectivity index (χ1n) is 8.06. The predicted molar refractivity (Wildman–Crippen MR) is 98.8 cm³/mol. The number of rotatable bonds is 7. The molecule has 1 aromatic heterocycles. The van der Waals surface area contributed by atoms with Gasteiger partial charge in [-0.05, 0) is 19.1 Å². The number of sulfone groups is 1. The molecular weight excluding hydrogens is 354 g/mol. The van der Waals surface area contributed by atoms with Gasteiger partial charge in [-0.1, -0.05) is 31.2 Å². The van der Waals surface area contributed by atoms with E-state index < -0.39 is 21.8 Å². The highest BCUT2D eigenvalue weighted by Crippen LogP contribution is 2.23. The number of amides is 1. The Balaban J connectivity index is 2.24. The van der Waals surface area contributed by atoms with E-state index >= 15 is 0 Å². The van der Waals surface area contributed by atoms with Gasteiger partial charge in [-0.3, -0.25) is 4.79 Å². The Hall–Kier alpha value is -2.74. The van der Waals surface area contributed by atoms with Crippen LogP contribution in [0.3, 0.4) is 0 Å². The van der Waals surface area contributed by atoms with E-state index in [4.69, 9.17) is 4.74 Å². The Morgan fingerprint density at radius 2 is 2.00 bits per heavy atom. The SMILES string of the molecule is CCc1ncc(C(=O)NC(C)C=CS(C)(=O)=O)c(Oc2ccccc2)n1. The zero-order valence-corrected chi connectivity index (χ0v) is 15.7. The van der Waals surface area contributed by atoms with Gasteiger partial charge < -0.3 is 10.1 Å². The standard InChI is InChI=1S/C18H21N3O4S/c1-4-16-19-12-15(17(22)20-13(2)10-11-26(3,23)24)18(21-16)25-14-8-6-5-7-9-14/h5-13H,4H2,1-3H3,(H,20,22). The number of ether oxygens (including phenoxy) is 1. The molecule has 0 fully saturated rings. The molecule has 1 amide bonds. The first-order valence-corrected chi connectivity index (χ1v) is 10.0. The molecule has 0 bridgehead atoms. The second kappa shape index (κ2) is 8.57. The van der Waals surface area contributed by atoms with Crippen molar-refractivity contribution >= 4 is 15.7 Å². The summed E-state index contributed by atoms with van der Waals surface area (Å²) >= 11 is 0. The highest BCUT2D eigenvalue weighted by Gasteiger charge is 2.18. The van der Waals surface area contributed by atoms with E-state index in [1.807, 2.05) is 25.1 Å². The number of para-hydroxylation sites is 1. The fourth-order valence-electron chi connectivity index (χ4n) is 2.00. The molecule has 0 aliphatic heterocycles. The highest BCUT2D eigenvalue weighted by molar-refractivity contribution is 7.93. The van der Waals surface area contributed by atoms with Crippen LogP contribution in [0.1, 0.15) is 30.0 Å². The van der Waals surface area contributed by atoms with Crippen LogP contribution >= 0.6 is 0 Å². The van der Waals surface area contributed by atoms with Crippen LogP contribution in [0.25, 0.3) is 0 Å². The smallest absolute Gasteiger partial charge is 0.258 e. The van der Waals surface area contributed by atoms with Crippen LogP contribution in [0.2, 0.25) is 0 Å². The highest BCUT2D eigenvalue weighted by atomic mass is 32.2. The molecule has 0 aliphatic carbocycles. The predicted octanol–water partition coefficient (Wildman–Crippen LogP) is 2.51. The van der Waals surface area contributed by atoms with E-state index in [0.29, 0.717) is 18.0 Å². The van der Waals surface area contributed by atoms with Gasteiger partial charge in [0.05, 0.1) is 0 Å². The number of nitrogens with zero attached hydrogens (tertiary/aromatic N) is 2. The van der Waals surface area contributed by atoms with Crippen molar-refractivity contribution in [3.8, 4) is 11.6 Å². The number of aryl methyl sites for hydroxylation is 1. The lowest BCUT2D eigenvalue weighted by molar-refractivity contribution is 0.0943. The molecule has 2 rings (SSSR count). The summed E-state index contributed by atoms with van der Waals surface area (Å²) in [5, 5.41) is 3.73. The van der Waals surface area contributed by atoms with Crippen molar-refractivity contribution in [3.63, 3.8) is 0 Å². The van der Waals surface area contributed by atoms with Crippen LogP contribution in [0.4, 0.5) is 0 Å². The first-order chi connectivity index (χ1) is 12.3. The van der Waals surface area contributed by atoms with Crippen molar-refractivity contribution in [1.82, 2.24) is 15.3 Å². The van der Waals surface area contributed by atoms with Gasteiger partial charge in [0.1, 0.15) is 17.1 Å². The maximum Gasteiger partial charge on any atom is 0.258 e. The molecule has 138 valence electrons. The number of nitrogens with one attached hydrogen (secondary N) is 1. The van der Waals surface area contributed by atoms with Gasteiger partial charge in [0.25, 0.3) is 5.91 Å². The summed E-state index contributed by atoms with van der Waals surface area (Å²) in [4.78, 5) is 21.0. The van der Waals surface area contributed by atoms with Crippen LogP contribution in [-0.4, -0.2) is 36.6 Å². The number of hydrogen-bond donors (Lipinski definition) is 1. The van der Waals surface area contributed by atoms with Crippen molar-refractivity contribution in [1.29, 1.82) is 0 Å². The molecule has 8 heteroatoms. The maximum absolute atomic E-state index is 12.5. The largest absolute Gasteiger partial charge is 0.438 e. The lowest BCUT2D eigenvalue weighted by atomic mass is 10.2. The molecule has 0 radical (unpaired) electrons. The summed E-state index contributed by atoms with van der Waals surface area (Å²) in [5.74, 6) is 0.800. The fraction of sp³-hybridized carbons (Fsp3) is 0.278. The molecule has 0 saturated heterocycles. The summed E-state index contributed by atoms with van der Waals surface area (Å²) in [5.41, 5.74) is 0.172. The van der Waals surface area contributed by atoms with Crippen molar-refractivity contribution < 1.29 is 17.9 Å². The molecule has 1 aromatic carbocycles. The third-order valence-electron chi connectivity index (χ3n) is 3.30. The van der Waals surface area contributed by atoms with E-state index in [9.17, 15) is 13.2 Å². The van der Waals surface area contributed by atoms with Crippen LogP contribution < -0.4 is 10.1 Å². The van der Waals surface area contributed by atoms with Gasteiger partial charge in [0.2, 0.25) is 5.88 Å². The van der Waals surface area contributed by atoms with Gasteiger partial charge in [0.15, 0.2) is 9.84 Å². The van der Waals surface area contributed by atoms with Gasteiger partial charge >= 0.3 is 0 Å². The topological polar surface area (TPSA) is 98.2 Å². The average molecular weight is 375 g/mol. The number of hydrogen-bond acceptors (Lipinski definition) is 6. The second-order valence-electron chi connectivity index (χ2n) is 5.69. The Morgan fingerprint density at radius 1 is 1.31 bits per heavy atom. The Morgan fingerprint density at radius 3 is 2.62 bits per heavy atom. The fourth-order valence-corrected chi connectivity index (χ4v) is 2.52. The van der Waals surface area contributed by atoms with Crippen molar-refractivity contribution in [2.45, 2.75) is 26.3 Å². The Labute approximate surface area is 153 Å². The first kappa shape index (κ1) is 19.6. The minimum absolute atomic E-state index is 0.153. The molecule has 0 saturated carbocycles. The molecule has 1 atom stereocenters. The molecule has 0 spiro atoms. The van der Waals surface area contributed by atoms with E-state index in [2.05, 4.69) is 15.3 Å². The Bertz CT molecular complexity index is 896. The molecule has 7 nitrogen and oxygen atoms in total. The zero-order valence-electron chi connectivity index (χ0n) is 14.8. The zero-order chi connectivity index (χ0) is 19.2. The van der Waals surface area contributed by atoms with Gasteiger partial charge in [-0.25, -0.2) is 13.4 Å². The normalized spacial score (nSPS) is 12.7. The summed E-state index contributed by atoms with van der Waals surface area (Å²) < 4.78 is 28.1. The molecular formula is C18H21N3O4S. The monoisotopic (exact) mass is 375 g/mol. The summed E-state index contributed by atoms with van der Waals surface area (Å²) in [7, 11) is -3.26. The Kier molecular flexibility index (Phi) is 6.46. The maximum atomic E-state index is 12.5. The molecule has 26 heavy (non-hydrogen) atoms. The van der Waals surface area contributed by atoms with Crippen LogP contribution in [0, 0.1) is 0 Å². The van der Waals surface area contributed by atoms with Crippen molar-refractivity contribution in [2.75, 3.05) is 6.26 Å². The lowest BCUT2D eigenvalue weighted by Gasteiger charge is -2.13. The minimum atomic E-state index is -3.26. The van der Waals surface area contributed by atoms with E-state index in [1.54, 1.807) is 19.1 Å². The molecule has 2 aromatic rings. The molecule has 1 unspecified atom stereocenters. The molecule has 0 aliphatic rings. The van der Waals surface area contributed by atoms with Crippen LogP contribution in [0.5, 0.6) is 11.6 Å². The van der Waals surface area contributed by atoms with Crippen LogP contribution in [0.15, 0.2) is 48.0 Å². The lowest BCUT2D eigenvalue weighted by Crippen LogP contribution is -2.31. The number of carbonyl (C=O) groups excluding carboxylic acids is 1. The summed E-state index contributed by atoms with van der Waals surface area (Å²) in [6.45, 7) is 3.57. The van der Waals surface area contributed by atoms with Crippen LogP contribution in [-0.2, 0) is 16.3 Å². The minimum Gasteiger partial charge on any atom is -0.438 e. The third-order valence-corrected chi connectivity index (χ3v) is 3.95. The summed E-state index contributed by atoms with van der Waals surface area (Å²) in [6.07, 6.45) is 4.49. The quantitative estimate of drug-likeness (QED) is 0.798. The van der Waals surface area contributed by atoms with Gasteiger partial charge in [-0.2, -0.15) is 4.98 Å². The van der Waals surface area contributed by atoms with Gasteiger partial charge in [-0.15, -0.1) is 0 Å². The molecule has 1 N–H and O–H groups in total. The van der Waals surface area contributed by atoms with E-state index in [1.165, 1.54) is 12.3 Å². The van der Waals surface area contributed by atoms with Gasteiger partial charge in [0, 0.05) is 30.3 Å². The second-order valence-corrected chi connectivity index (χ2v) is 7.63. The number of carbonyl (C=O) groups is 1. The average Bonchev–Trinajstić information content (AvgIpc) is 2.60. The third kappa shape index (κ3) is 5.96. The molecule has 1 heterocycles. The van der Waals surface area contributed by atoms with Crippen molar-refractivity contribution in [2.24, 2.45) is 0 Å². The number of aromatic nitrogens is 2. The summed E-state index contributed by atoms with van der Waals surface area (Å²) in [6, 6.07) is 8.50. The van der Waals surface area contributed by atoms with E-state index in [-0.39, 0.29) is 11.4 Å². The number of benzene rings is 1. The van der Waals surface area contributed by atoms with Crippen molar-refractivity contribution in [3.05, 3.63) is 59.4 Å².